The van der Waals surface area contributed by atoms with E-state index in [-0.39, 0.29) is 29.0 Å². The second kappa shape index (κ2) is 10.6. The first-order chi connectivity index (χ1) is 18.2. The molecular formula is C28H23F4NO5. The Morgan fingerprint density at radius 1 is 0.974 bits per heavy atom. The Kier molecular flexibility index (Phi) is 7.20. The molecule has 5 rings (SSSR count). The zero-order valence-corrected chi connectivity index (χ0v) is 19.9. The minimum Gasteiger partial charge on any atom is -0.508 e. The molecule has 1 fully saturated rings. The second-order valence-electron chi connectivity index (χ2n) is 8.79. The van der Waals surface area contributed by atoms with Gasteiger partial charge in [-0.15, -0.1) is 0 Å². The maximum absolute atomic E-state index is 15.0. The lowest BCUT2D eigenvalue weighted by atomic mass is 9.90. The summed E-state index contributed by atoms with van der Waals surface area (Å²) in [5.41, 5.74) is -0.180. The zero-order valence-electron chi connectivity index (χ0n) is 19.9. The van der Waals surface area contributed by atoms with Gasteiger partial charge in [-0.25, -0.2) is 4.39 Å². The molecular weight excluding hydrogens is 506 g/mol. The van der Waals surface area contributed by atoms with Crippen LogP contribution in [-0.4, -0.2) is 41.3 Å². The van der Waals surface area contributed by atoms with E-state index >= 15 is 0 Å². The first-order valence-corrected chi connectivity index (χ1v) is 11.8. The Morgan fingerprint density at radius 2 is 1.71 bits per heavy atom. The van der Waals surface area contributed by atoms with Gasteiger partial charge in [0.2, 0.25) is 0 Å². The number of phenolic OH excluding ortho intramolecular Hbond substituents is 1. The van der Waals surface area contributed by atoms with Crippen LogP contribution >= 0.6 is 0 Å². The van der Waals surface area contributed by atoms with Crippen LogP contribution in [0.25, 0.3) is 22.0 Å². The van der Waals surface area contributed by atoms with Gasteiger partial charge in [-0.2, -0.15) is 13.2 Å². The first kappa shape index (κ1) is 25.9. The van der Waals surface area contributed by atoms with Crippen LogP contribution in [-0.2, 0) is 15.7 Å². The number of benzene rings is 3. The molecule has 1 aliphatic heterocycles. The highest BCUT2D eigenvalue weighted by Crippen LogP contribution is 2.40. The van der Waals surface area contributed by atoms with E-state index in [0.29, 0.717) is 41.5 Å². The van der Waals surface area contributed by atoms with Gasteiger partial charge in [0.05, 0.1) is 24.3 Å². The molecule has 38 heavy (non-hydrogen) atoms. The van der Waals surface area contributed by atoms with Gasteiger partial charge in [0.25, 0.3) is 0 Å². The standard InChI is InChI=1S/C28H23F4NO5/c29-23-12-17(28(30,31)32)4-8-20(23)22-14-33-24-13-18(34)5-9-21(24)26(22)27(35)16-2-6-19(7-3-16)38-15-25-36-10-1-11-37-25/h2-9,12-14,25,27,34-35H,1,10-11,15H2. The summed E-state index contributed by atoms with van der Waals surface area (Å²) in [6.07, 6.45) is -4.38. The quantitative estimate of drug-likeness (QED) is 0.299. The van der Waals surface area contributed by atoms with Crippen LogP contribution in [0.15, 0.2) is 66.9 Å². The summed E-state index contributed by atoms with van der Waals surface area (Å²) in [6, 6.07) is 13.0. The van der Waals surface area contributed by atoms with Crippen molar-refractivity contribution in [3.8, 4) is 22.6 Å². The highest BCUT2D eigenvalue weighted by atomic mass is 19.4. The Labute approximate surface area is 215 Å². The number of fused-ring (bicyclic) bond motifs is 1. The van der Waals surface area contributed by atoms with Gasteiger partial charge in [-0.3, -0.25) is 4.98 Å². The third-order valence-corrected chi connectivity index (χ3v) is 6.23. The number of rotatable bonds is 6. The number of phenols is 1. The number of alkyl halides is 3. The predicted octanol–water partition coefficient (Wildman–Crippen LogP) is 5.99. The Hall–Kier alpha value is -3.73. The molecule has 6 nitrogen and oxygen atoms in total. The Morgan fingerprint density at radius 3 is 2.39 bits per heavy atom. The van der Waals surface area contributed by atoms with Crippen molar-refractivity contribution >= 4 is 10.9 Å². The molecule has 0 spiro atoms. The molecule has 1 unspecified atom stereocenters. The predicted molar refractivity (Wildman–Crippen MR) is 130 cm³/mol. The van der Waals surface area contributed by atoms with Crippen molar-refractivity contribution in [1.82, 2.24) is 4.98 Å². The molecule has 10 heteroatoms. The molecule has 0 saturated carbocycles. The average Bonchev–Trinajstić information content (AvgIpc) is 2.91. The van der Waals surface area contributed by atoms with Crippen molar-refractivity contribution in [3.63, 3.8) is 0 Å². The molecule has 3 aromatic carbocycles. The van der Waals surface area contributed by atoms with Crippen LogP contribution < -0.4 is 4.74 Å². The smallest absolute Gasteiger partial charge is 0.416 e. The van der Waals surface area contributed by atoms with Gasteiger partial charge in [-0.05, 0) is 48.4 Å². The fourth-order valence-electron chi connectivity index (χ4n) is 4.33. The lowest BCUT2D eigenvalue weighted by Gasteiger charge is -2.23. The van der Waals surface area contributed by atoms with Crippen LogP contribution in [0.3, 0.4) is 0 Å². The molecule has 1 aromatic heterocycles. The number of nitrogens with zero attached hydrogens (tertiary/aromatic N) is 1. The van der Waals surface area contributed by atoms with E-state index in [1.54, 1.807) is 24.3 Å². The maximum Gasteiger partial charge on any atom is 0.416 e. The summed E-state index contributed by atoms with van der Waals surface area (Å²) in [4.78, 5) is 4.25. The molecule has 0 radical (unpaired) electrons. The molecule has 0 bridgehead atoms. The fraction of sp³-hybridized carbons (Fsp3) is 0.250. The van der Waals surface area contributed by atoms with E-state index < -0.39 is 30.0 Å². The summed E-state index contributed by atoms with van der Waals surface area (Å²) >= 11 is 0. The topological polar surface area (TPSA) is 81.0 Å². The number of ether oxygens (including phenoxy) is 3. The second-order valence-corrected chi connectivity index (χ2v) is 8.79. The highest BCUT2D eigenvalue weighted by molar-refractivity contribution is 5.90. The number of pyridine rings is 1. The van der Waals surface area contributed by atoms with Crippen LogP contribution in [0, 0.1) is 5.82 Å². The van der Waals surface area contributed by atoms with Crippen molar-refractivity contribution in [2.75, 3.05) is 19.8 Å². The lowest BCUT2D eigenvalue weighted by Crippen LogP contribution is -2.30. The van der Waals surface area contributed by atoms with E-state index in [1.807, 2.05) is 0 Å². The lowest BCUT2D eigenvalue weighted by molar-refractivity contribution is -0.191. The van der Waals surface area contributed by atoms with E-state index in [4.69, 9.17) is 14.2 Å². The van der Waals surface area contributed by atoms with E-state index in [9.17, 15) is 27.8 Å². The molecule has 0 amide bonds. The number of aromatic hydroxyl groups is 1. The van der Waals surface area contributed by atoms with Gasteiger partial charge in [-0.1, -0.05) is 18.2 Å². The van der Waals surface area contributed by atoms with Crippen LogP contribution in [0.4, 0.5) is 17.6 Å². The molecule has 1 saturated heterocycles. The van der Waals surface area contributed by atoms with Crippen LogP contribution in [0.5, 0.6) is 11.5 Å². The molecule has 2 N–H and O–H groups in total. The summed E-state index contributed by atoms with van der Waals surface area (Å²) in [7, 11) is 0. The number of hydrogen-bond donors (Lipinski definition) is 2. The summed E-state index contributed by atoms with van der Waals surface area (Å²) < 4.78 is 70.9. The van der Waals surface area contributed by atoms with Gasteiger partial charge >= 0.3 is 6.18 Å². The van der Waals surface area contributed by atoms with Crippen molar-refractivity contribution in [2.45, 2.75) is 25.0 Å². The normalized spacial score (nSPS) is 15.5. The minimum absolute atomic E-state index is 0.0636. The largest absolute Gasteiger partial charge is 0.508 e. The van der Waals surface area contributed by atoms with Crippen LogP contribution in [0.2, 0.25) is 0 Å². The number of halogens is 4. The summed E-state index contributed by atoms with van der Waals surface area (Å²) in [5.74, 6) is -0.660. The monoisotopic (exact) mass is 529 g/mol. The molecule has 4 aromatic rings. The number of aliphatic hydroxyl groups excluding tert-OH is 1. The van der Waals surface area contributed by atoms with Crippen molar-refractivity contribution in [2.24, 2.45) is 0 Å². The molecule has 1 aliphatic rings. The molecule has 0 aliphatic carbocycles. The number of aromatic nitrogens is 1. The van der Waals surface area contributed by atoms with Gasteiger partial charge in [0.1, 0.15) is 30.0 Å². The summed E-state index contributed by atoms with van der Waals surface area (Å²) in [6.45, 7) is 1.38. The SMILES string of the molecule is Oc1ccc2c(C(O)c3ccc(OCC4OCCCO4)cc3)c(-c3ccc(C(F)(F)F)cc3F)cnc2c1. The van der Waals surface area contributed by atoms with Gasteiger partial charge in [0.15, 0.2) is 6.29 Å². The van der Waals surface area contributed by atoms with Crippen molar-refractivity contribution in [1.29, 1.82) is 0 Å². The van der Waals surface area contributed by atoms with Crippen molar-refractivity contribution < 1.29 is 42.0 Å². The zero-order chi connectivity index (χ0) is 26.9. The van der Waals surface area contributed by atoms with Crippen LogP contribution in [0.1, 0.15) is 29.2 Å². The average molecular weight is 529 g/mol. The first-order valence-electron chi connectivity index (χ1n) is 11.8. The molecule has 198 valence electrons. The fourth-order valence-corrected chi connectivity index (χ4v) is 4.33. The molecule has 1 atom stereocenters. The van der Waals surface area contributed by atoms with E-state index in [1.165, 1.54) is 24.4 Å². The number of aliphatic hydroxyl groups is 1. The molecule has 2 heterocycles. The third-order valence-electron chi connectivity index (χ3n) is 6.23. The Bertz CT molecular complexity index is 1440. The Balaban J connectivity index is 1.51. The number of hydrogen-bond acceptors (Lipinski definition) is 6. The van der Waals surface area contributed by atoms with Gasteiger partial charge in [0, 0.05) is 34.3 Å². The summed E-state index contributed by atoms with van der Waals surface area (Å²) in [5, 5.41) is 21.7. The third kappa shape index (κ3) is 5.42. The highest BCUT2D eigenvalue weighted by Gasteiger charge is 2.32. The minimum atomic E-state index is -4.71. The maximum atomic E-state index is 15.0. The van der Waals surface area contributed by atoms with Gasteiger partial charge < -0.3 is 24.4 Å². The van der Waals surface area contributed by atoms with Crippen molar-refractivity contribution in [3.05, 3.63) is 89.4 Å². The van der Waals surface area contributed by atoms with E-state index in [2.05, 4.69) is 4.98 Å². The van der Waals surface area contributed by atoms with E-state index in [0.717, 1.165) is 18.6 Å².